The first-order chi connectivity index (χ1) is 9.49. The van der Waals surface area contributed by atoms with E-state index in [0.29, 0.717) is 35.4 Å². The van der Waals surface area contributed by atoms with Gasteiger partial charge in [0, 0.05) is 17.6 Å². The molecule has 110 valence electrons. The lowest BCUT2D eigenvalue weighted by molar-refractivity contribution is -0.142. The summed E-state index contributed by atoms with van der Waals surface area (Å²) < 4.78 is 5.62. The first-order valence-electron chi connectivity index (χ1n) is 6.53. The standard InChI is InChI=1S/C14H17Cl2NO3/c1-9-11(14(18)19)4-5-17(9)6-7-20-13-3-2-10(15)8-12(13)16/h2-3,8-9,11H,4-7H2,1H3,(H,18,19). The highest BCUT2D eigenvalue weighted by Crippen LogP contribution is 2.28. The summed E-state index contributed by atoms with van der Waals surface area (Å²) in [7, 11) is 0. The maximum absolute atomic E-state index is 11.0. The molecule has 20 heavy (non-hydrogen) atoms. The first-order valence-corrected chi connectivity index (χ1v) is 7.29. The van der Waals surface area contributed by atoms with Crippen molar-refractivity contribution in [2.45, 2.75) is 19.4 Å². The normalized spacial score (nSPS) is 22.9. The zero-order chi connectivity index (χ0) is 14.7. The summed E-state index contributed by atoms with van der Waals surface area (Å²) in [5.74, 6) is -0.409. The van der Waals surface area contributed by atoms with Crippen LogP contribution in [0.25, 0.3) is 0 Å². The van der Waals surface area contributed by atoms with Crippen LogP contribution in [0.3, 0.4) is 0 Å². The van der Waals surface area contributed by atoms with Crippen LogP contribution in [0.15, 0.2) is 18.2 Å². The molecule has 1 aliphatic rings. The minimum Gasteiger partial charge on any atom is -0.491 e. The number of aliphatic carboxylic acids is 1. The lowest BCUT2D eigenvalue weighted by atomic mass is 10.0. The second-order valence-electron chi connectivity index (χ2n) is 4.93. The molecule has 0 amide bonds. The Bertz CT molecular complexity index is 495. The van der Waals surface area contributed by atoms with Gasteiger partial charge in [0.2, 0.25) is 0 Å². The van der Waals surface area contributed by atoms with E-state index < -0.39 is 5.97 Å². The zero-order valence-corrected chi connectivity index (χ0v) is 12.7. The summed E-state index contributed by atoms with van der Waals surface area (Å²) in [5, 5.41) is 10.1. The zero-order valence-electron chi connectivity index (χ0n) is 11.2. The van der Waals surface area contributed by atoms with Crippen molar-refractivity contribution in [3.63, 3.8) is 0 Å². The molecule has 2 atom stereocenters. The van der Waals surface area contributed by atoms with E-state index in [0.717, 1.165) is 6.54 Å². The number of nitrogens with zero attached hydrogens (tertiary/aromatic N) is 1. The fourth-order valence-corrected chi connectivity index (χ4v) is 2.98. The van der Waals surface area contributed by atoms with Gasteiger partial charge in [-0.05, 0) is 38.1 Å². The Morgan fingerprint density at radius 3 is 2.85 bits per heavy atom. The maximum Gasteiger partial charge on any atom is 0.308 e. The number of carboxylic acids is 1. The van der Waals surface area contributed by atoms with Crippen molar-refractivity contribution in [1.82, 2.24) is 4.90 Å². The minimum atomic E-state index is -0.721. The van der Waals surface area contributed by atoms with E-state index in [1.54, 1.807) is 18.2 Å². The molecule has 1 heterocycles. The fraction of sp³-hybridized carbons (Fsp3) is 0.500. The topological polar surface area (TPSA) is 49.8 Å². The predicted octanol–water partition coefficient (Wildman–Crippen LogP) is 3.17. The SMILES string of the molecule is CC1C(C(=O)O)CCN1CCOc1ccc(Cl)cc1Cl. The van der Waals surface area contributed by atoms with E-state index >= 15 is 0 Å². The molecule has 0 spiro atoms. The van der Waals surface area contributed by atoms with Gasteiger partial charge in [0.1, 0.15) is 12.4 Å². The highest BCUT2D eigenvalue weighted by Gasteiger charge is 2.35. The van der Waals surface area contributed by atoms with Crippen LogP contribution >= 0.6 is 23.2 Å². The Labute approximate surface area is 128 Å². The Hall–Kier alpha value is -0.970. The Morgan fingerprint density at radius 2 is 2.25 bits per heavy atom. The predicted molar refractivity (Wildman–Crippen MR) is 78.7 cm³/mol. The Kier molecular flexibility index (Phi) is 5.13. The highest BCUT2D eigenvalue weighted by molar-refractivity contribution is 6.35. The largest absolute Gasteiger partial charge is 0.491 e. The summed E-state index contributed by atoms with van der Waals surface area (Å²) in [6.45, 7) is 3.89. The number of halogens is 2. The molecule has 6 heteroatoms. The number of ether oxygens (including phenoxy) is 1. The van der Waals surface area contributed by atoms with Crippen LogP contribution in [-0.2, 0) is 4.79 Å². The van der Waals surface area contributed by atoms with E-state index in [2.05, 4.69) is 4.90 Å². The molecule has 1 aromatic rings. The molecule has 1 fully saturated rings. The van der Waals surface area contributed by atoms with Crippen LogP contribution in [-0.4, -0.2) is 41.7 Å². The van der Waals surface area contributed by atoms with Crippen molar-refractivity contribution in [1.29, 1.82) is 0 Å². The van der Waals surface area contributed by atoms with Crippen LogP contribution in [0, 0.1) is 5.92 Å². The molecular weight excluding hydrogens is 301 g/mol. The second-order valence-corrected chi connectivity index (χ2v) is 5.78. The molecule has 1 N–H and O–H groups in total. The molecule has 4 nitrogen and oxygen atoms in total. The number of hydrogen-bond acceptors (Lipinski definition) is 3. The molecular formula is C14H17Cl2NO3. The number of carbonyl (C=O) groups is 1. The molecule has 0 saturated carbocycles. The average molecular weight is 318 g/mol. The van der Waals surface area contributed by atoms with Crippen molar-refractivity contribution in [2.75, 3.05) is 19.7 Å². The fourth-order valence-electron chi connectivity index (χ4n) is 2.51. The molecule has 0 radical (unpaired) electrons. The van der Waals surface area contributed by atoms with Crippen LogP contribution in [0.1, 0.15) is 13.3 Å². The van der Waals surface area contributed by atoms with Gasteiger partial charge >= 0.3 is 5.97 Å². The second kappa shape index (κ2) is 6.66. The number of rotatable bonds is 5. The van der Waals surface area contributed by atoms with Gasteiger partial charge in [-0.15, -0.1) is 0 Å². The molecule has 0 aliphatic carbocycles. The summed E-state index contributed by atoms with van der Waals surface area (Å²) in [6.07, 6.45) is 0.693. The molecule has 2 rings (SSSR count). The van der Waals surface area contributed by atoms with E-state index in [4.69, 9.17) is 33.0 Å². The van der Waals surface area contributed by atoms with E-state index in [1.807, 2.05) is 6.92 Å². The van der Waals surface area contributed by atoms with Crippen molar-refractivity contribution in [3.05, 3.63) is 28.2 Å². The number of likely N-dealkylation sites (tertiary alicyclic amines) is 1. The summed E-state index contributed by atoms with van der Waals surface area (Å²) in [6, 6.07) is 5.13. The highest BCUT2D eigenvalue weighted by atomic mass is 35.5. The van der Waals surface area contributed by atoms with E-state index in [-0.39, 0.29) is 12.0 Å². The van der Waals surface area contributed by atoms with Crippen LogP contribution in [0.4, 0.5) is 0 Å². The van der Waals surface area contributed by atoms with Crippen molar-refractivity contribution >= 4 is 29.2 Å². The summed E-state index contributed by atoms with van der Waals surface area (Å²) >= 11 is 11.8. The third-order valence-electron chi connectivity index (χ3n) is 3.73. The third kappa shape index (κ3) is 3.57. The average Bonchev–Trinajstić information content (AvgIpc) is 2.74. The van der Waals surface area contributed by atoms with Gasteiger partial charge in [0.05, 0.1) is 10.9 Å². The summed E-state index contributed by atoms with van der Waals surface area (Å²) in [5.41, 5.74) is 0. The number of benzene rings is 1. The molecule has 1 aliphatic heterocycles. The van der Waals surface area contributed by atoms with Gasteiger partial charge < -0.3 is 9.84 Å². The van der Waals surface area contributed by atoms with Gasteiger partial charge in [-0.3, -0.25) is 9.69 Å². The van der Waals surface area contributed by atoms with Gasteiger partial charge in [-0.25, -0.2) is 0 Å². The van der Waals surface area contributed by atoms with Crippen molar-refractivity contribution in [2.24, 2.45) is 5.92 Å². The Balaban J connectivity index is 1.83. The van der Waals surface area contributed by atoms with Crippen LogP contribution in [0.2, 0.25) is 10.0 Å². The number of hydrogen-bond donors (Lipinski definition) is 1. The molecule has 0 aromatic heterocycles. The van der Waals surface area contributed by atoms with Crippen LogP contribution < -0.4 is 4.74 Å². The van der Waals surface area contributed by atoms with E-state index in [1.165, 1.54) is 0 Å². The van der Waals surface area contributed by atoms with Crippen molar-refractivity contribution in [3.8, 4) is 5.75 Å². The minimum absolute atomic E-state index is 0.0387. The lowest BCUT2D eigenvalue weighted by Crippen LogP contribution is -2.35. The van der Waals surface area contributed by atoms with Crippen LogP contribution in [0.5, 0.6) is 5.75 Å². The van der Waals surface area contributed by atoms with Gasteiger partial charge in [0.15, 0.2) is 0 Å². The van der Waals surface area contributed by atoms with Gasteiger partial charge in [-0.2, -0.15) is 0 Å². The monoisotopic (exact) mass is 317 g/mol. The molecule has 1 aromatic carbocycles. The first kappa shape index (κ1) is 15.4. The lowest BCUT2D eigenvalue weighted by Gasteiger charge is -2.23. The van der Waals surface area contributed by atoms with Gasteiger partial charge in [-0.1, -0.05) is 23.2 Å². The van der Waals surface area contributed by atoms with Crippen molar-refractivity contribution < 1.29 is 14.6 Å². The smallest absolute Gasteiger partial charge is 0.308 e. The maximum atomic E-state index is 11.0. The summed E-state index contributed by atoms with van der Waals surface area (Å²) in [4.78, 5) is 13.2. The molecule has 2 unspecified atom stereocenters. The molecule has 1 saturated heterocycles. The quantitative estimate of drug-likeness (QED) is 0.906. The Morgan fingerprint density at radius 1 is 1.50 bits per heavy atom. The van der Waals surface area contributed by atoms with E-state index in [9.17, 15) is 4.79 Å². The number of carboxylic acid groups (broad SMARTS) is 1. The third-order valence-corrected chi connectivity index (χ3v) is 4.26. The van der Waals surface area contributed by atoms with Gasteiger partial charge in [0.25, 0.3) is 0 Å². The molecule has 0 bridgehead atoms.